The van der Waals surface area contributed by atoms with Crippen molar-refractivity contribution in [2.24, 2.45) is 0 Å². The number of pyridine rings is 2. The van der Waals surface area contributed by atoms with Crippen molar-refractivity contribution in [1.82, 2.24) is 19.9 Å². The molecule has 0 aliphatic carbocycles. The normalized spacial score (nSPS) is 11.6. The third kappa shape index (κ3) is 11.5. The fourth-order valence-corrected chi connectivity index (χ4v) is 6.87. The Bertz CT molecular complexity index is 2950. The van der Waals surface area contributed by atoms with Crippen LogP contribution in [0, 0.1) is 11.6 Å². The first-order valence-electron chi connectivity index (χ1n) is 19.6. The van der Waals surface area contributed by atoms with E-state index in [1.165, 1.54) is 24.5 Å². The van der Waals surface area contributed by atoms with Crippen LogP contribution in [0.2, 0.25) is 10.0 Å². The molecule has 0 aliphatic rings. The number of nitrogens with zero attached hydrogens (tertiary/aromatic N) is 4. The van der Waals surface area contributed by atoms with Gasteiger partial charge in [0.05, 0.1) is 11.1 Å². The molecule has 14 heteroatoms. The summed E-state index contributed by atoms with van der Waals surface area (Å²) >= 11 is 11.8. The van der Waals surface area contributed by atoms with E-state index < -0.39 is 11.7 Å². The SMILES string of the molecule is CC(Nc1ccnc2c(F)cccc12)c1ccc(Cl)cc1.FC(F)(F)c1cccc(CNc2ncnc3ccccc23)c1.Fc1cccc2c(NCc3ccc(Cl)cc3)ccnc12. The summed E-state index contributed by atoms with van der Waals surface area (Å²) < 4.78 is 65.5. The zero-order valence-electron chi connectivity index (χ0n) is 33.5. The molecule has 0 aliphatic heterocycles. The fourth-order valence-electron chi connectivity index (χ4n) is 6.62. The summed E-state index contributed by atoms with van der Waals surface area (Å²) in [6.45, 7) is 2.95. The quantitative estimate of drug-likeness (QED) is 0.124. The van der Waals surface area contributed by atoms with Crippen LogP contribution in [0.3, 0.4) is 0 Å². The van der Waals surface area contributed by atoms with Gasteiger partial charge in [0, 0.05) is 69.1 Å². The molecule has 0 saturated carbocycles. The van der Waals surface area contributed by atoms with Crippen LogP contribution in [0.1, 0.15) is 35.2 Å². The summed E-state index contributed by atoms with van der Waals surface area (Å²) in [5, 5.41) is 13.6. The number of hydrogen-bond acceptors (Lipinski definition) is 7. The van der Waals surface area contributed by atoms with Gasteiger partial charge < -0.3 is 16.0 Å². The molecular weight excluding hydrogens is 852 g/mol. The molecule has 0 saturated heterocycles. The van der Waals surface area contributed by atoms with Crippen molar-refractivity contribution < 1.29 is 22.0 Å². The monoisotopic (exact) mass is 889 g/mol. The van der Waals surface area contributed by atoms with Gasteiger partial charge in [0.25, 0.3) is 0 Å². The first-order valence-corrected chi connectivity index (χ1v) is 20.3. The third-order valence-corrected chi connectivity index (χ3v) is 10.3. The Morgan fingerprint density at radius 2 is 1.13 bits per heavy atom. The predicted octanol–water partition coefficient (Wildman–Crippen LogP) is 14.1. The molecule has 9 aromatic rings. The minimum atomic E-state index is -4.34. The van der Waals surface area contributed by atoms with E-state index in [4.69, 9.17) is 23.2 Å². The molecule has 0 bridgehead atoms. The van der Waals surface area contributed by atoms with E-state index in [1.807, 2.05) is 97.1 Å². The van der Waals surface area contributed by atoms with Gasteiger partial charge in [-0.3, -0.25) is 9.97 Å². The number of aromatic nitrogens is 4. The van der Waals surface area contributed by atoms with Crippen molar-refractivity contribution in [3.63, 3.8) is 0 Å². The van der Waals surface area contributed by atoms with Gasteiger partial charge in [-0.25, -0.2) is 18.7 Å². The number of para-hydroxylation sites is 3. The number of alkyl halides is 3. The van der Waals surface area contributed by atoms with Crippen LogP contribution in [0.15, 0.2) is 164 Å². The zero-order chi connectivity index (χ0) is 44.3. The maximum atomic E-state index is 13.8. The van der Waals surface area contributed by atoms with Gasteiger partial charge in [0.2, 0.25) is 0 Å². The second kappa shape index (κ2) is 20.3. The molecule has 0 radical (unpaired) electrons. The summed E-state index contributed by atoms with van der Waals surface area (Å²) in [5.74, 6) is -0.0176. The highest BCUT2D eigenvalue weighted by atomic mass is 35.5. The van der Waals surface area contributed by atoms with Gasteiger partial charge >= 0.3 is 6.18 Å². The summed E-state index contributed by atoms with van der Waals surface area (Å²) in [4.78, 5) is 16.5. The molecule has 1 unspecified atom stereocenters. The summed E-state index contributed by atoms with van der Waals surface area (Å²) in [6, 6.07) is 41.7. The maximum absolute atomic E-state index is 13.8. The number of nitrogens with one attached hydrogen (secondary N) is 3. The van der Waals surface area contributed by atoms with Gasteiger partial charge in [-0.1, -0.05) is 96.0 Å². The van der Waals surface area contributed by atoms with Crippen LogP contribution in [0.5, 0.6) is 0 Å². The molecular formula is C49H38Cl2F5N7. The zero-order valence-corrected chi connectivity index (χ0v) is 35.0. The average Bonchev–Trinajstić information content (AvgIpc) is 3.29. The highest BCUT2D eigenvalue weighted by Gasteiger charge is 2.30. The highest BCUT2D eigenvalue weighted by Crippen LogP contribution is 2.31. The Hall–Kier alpha value is -6.89. The van der Waals surface area contributed by atoms with Gasteiger partial charge in [-0.15, -0.1) is 0 Å². The molecule has 0 fully saturated rings. The van der Waals surface area contributed by atoms with E-state index >= 15 is 0 Å². The van der Waals surface area contributed by atoms with Crippen molar-refractivity contribution in [2.45, 2.75) is 32.2 Å². The predicted molar refractivity (Wildman–Crippen MR) is 244 cm³/mol. The first kappa shape index (κ1) is 44.2. The van der Waals surface area contributed by atoms with E-state index in [1.54, 1.807) is 30.6 Å². The lowest BCUT2D eigenvalue weighted by Gasteiger charge is -2.17. The van der Waals surface area contributed by atoms with E-state index in [0.717, 1.165) is 56.3 Å². The smallest absolute Gasteiger partial charge is 0.380 e. The Balaban J connectivity index is 0.000000142. The topological polar surface area (TPSA) is 87.7 Å². The Morgan fingerprint density at radius 1 is 0.556 bits per heavy atom. The third-order valence-electron chi connectivity index (χ3n) is 9.84. The summed E-state index contributed by atoms with van der Waals surface area (Å²) in [7, 11) is 0. The molecule has 3 N–H and O–H groups in total. The second-order valence-electron chi connectivity index (χ2n) is 14.2. The molecule has 6 aromatic carbocycles. The van der Waals surface area contributed by atoms with Crippen LogP contribution in [0.4, 0.5) is 39.1 Å². The van der Waals surface area contributed by atoms with Crippen LogP contribution >= 0.6 is 23.2 Å². The molecule has 3 heterocycles. The van der Waals surface area contributed by atoms with Crippen molar-refractivity contribution in [1.29, 1.82) is 0 Å². The molecule has 1 atom stereocenters. The number of benzene rings is 6. The number of hydrogen-bond donors (Lipinski definition) is 3. The van der Waals surface area contributed by atoms with E-state index in [9.17, 15) is 22.0 Å². The highest BCUT2D eigenvalue weighted by molar-refractivity contribution is 6.30. The van der Waals surface area contributed by atoms with Crippen molar-refractivity contribution in [3.8, 4) is 0 Å². The van der Waals surface area contributed by atoms with Crippen molar-refractivity contribution >= 4 is 73.1 Å². The van der Waals surface area contributed by atoms with Gasteiger partial charge in [0.1, 0.15) is 34.8 Å². The molecule has 0 spiro atoms. The van der Waals surface area contributed by atoms with Gasteiger partial charge in [0.15, 0.2) is 0 Å². The summed E-state index contributed by atoms with van der Waals surface area (Å²) in [5.41, 5.74) is 5.38. The lowest BCUT2D eigenvalue weighted by atomic mass is 10.1. The molecule has 9 rings (SSSR count). The minimum Gasteiger partial charge on any atom is -0.380 e. The lowest BCUT2D eigenvalue weighted by Crippen LogP contribution is -2.07. The average molecular weight is 891 g/mol. The van der Waals surface area contributed by atoms with E-state index in [-0.39, 0.29) is 24.2 Å². The van der Waals surface area contributed by atoms with Crippen molar-refractivity contribution in [3.05, 3.63) is 208 Å². The largest absolute Gasteiger partial charge is 0.416 e. The van der Waals surface area contributed by atoms with E-state index in [2.05, 4.69) is 42.8 Å². The first-order chi connectivity index (χ1) is 30.4. The van der Waals surface area contributed by atoms with Crippen LogP contribution in [0.25, 0.3) is 32.7 Å². The lowest BCUT2D eigenvalue weighted by molar-refractivity contribution is -0.137. The van der Waals surface area contributed by atoms with Crippen LogP contribution in [-0.4, -0.2) is 19.9 Å². The Kier molecular flexibility index (Phi) is 14.2. The number of anilines is 3. The molecule has 0 amide bonds. The van der Waals surface area contributed by atoms with Crippen LogP contribution in [-0.2, 0) is 19.3 Å². The second-order valence-corrected chi connectivity index (χ2v) is 15.1. The fraction of sp³-hybridized carbons (Fsp3) is 0.102. The number of fused-ring (bicyclic) bond motifs is 3. The Morgan fingerprint density at radius 3 is 1.79 bits per heavy atom. The minimum absolute atomic E-state index is 0.0798. The number of rotatable bonds is 9. The van der Waals surface area contributed by atoms with E-state index in [0.29, 0.717) is 39.0 Å². The maximum Gasteiger partial charge on any atom is 0.416 e. The molecule has 7 nitrogen and oxygen atoms in total. The standard InChI is InChI=1S/C17H14ClFN2.C16H12ClFN2.C16H12F3N3/c1-11(12-5-7-13(18)8-6-12)21-16-9-10-20-17-14(16)3-2-4-15(17)19;17-12-6-4-11(5-7-12)10-20-15-8-9-19-16-13(15)2-1-3-14(16)18;17-16(18,19)12-5-3-4-11(8-12)9-20-15-13-6-1-2-7-14(13)21-10-22-15/h2-11H,1H3,(H,20,21);1-9H,10H2,(H,19,20);1-8,10H,9H2,(H,20,21,22). The van der Waals surface area contributed by atoms with Crippen molar-refractivity contribution in [2.75, 3.05) is 16.0 Å². The Labute approximate surface area is 370 Å². The van der Waals surface area contributed by atoms with Gasteiger partial charge in [-0.05, 0) is 96.4 Å². The summed E-state index contributed by atoms with van der Waals surface area (Å²) in [6.07, 6.45) is 0.312. The number of halogens is 7. The molecule has 63 heavy (non-hydrogen) atoms. The van der Waals surface area contributed by atoms with Gasteiger partial charge in [-0.2, -0.15) is 13.2 Å². The van der Waals surface area contributed by atoms with Crippen LogP contribution < -0.4 is 16.0 Å². The molecule has 3 aromatic heterocycles. The molecule has 318 valence electrons.